The minimum atomic E-state index is -0.761. The molecule has 0 aromatic rings. The summed E-state index contributed by atoms with van der Waals surface area (Å²) in [7, 11) is 1.98. The summed E-state index contributed by atoms with van der Waals surface area (Å²) >= 11 is 0. The minimum absolute atomic E-state index is 0.189. The van der Waals surface area contributed by atoms with Gasteiger partial charge in [0, 0.05) is 29.9 Å². The summed E-state index contributed by atoms with van der Waals surface area (Å²) in [5.74, 6) is -0.584. The zero-order valence-electron chi connectivity index (χ0n) is 19.4. The third-order valence-electron chi connectivity index (χ3n) is 6.58. The van der Waals surface area contributed by atoms with Crippen LogP contribution >= 0.6 is 0 Å². The molecule has 30 heavy (non-hydrogen) atoms. The predicted molar refractivity (Wildman–Crippen MR) is 119 cm³/mol. The van der Waals surface area contributed by atoms with Crippen molar-refractivity contribution < 1.29 is 19.4 Å². The van der Waals surface area contributed by atoms with Gasteiger partial charge in [-0.3, -0.25) is 15.0 Å². The van der Waals surface area contributed by atoms with Crippen LogP contribution in [0.25, 0.3) is 0 Å². The fourth-order valence-corrected chi connectivity index (χ4v) is 3.94. The average molecular weight is 424 g/mol. The van der Waals surface area contributed by atoms with Gasteiger partial charge < -0.3 is 20.0 Å². The number of carbonyl (C=O) groups excluding carboxylic acids is 1. The summed E-state index contributed by atoms with van der Waals surface area (Å²) in [5.41, 5.74) is -1.19. The maximum atomic E-state index is 12.9. The van der Waals surface area contributed by atoms with Gasteiger partial charge in [0.15, 0.2) is 12.2 Å². The van der Waals surface area contributed by atoms with E-state index in [1.54, 1.807) is 0 Å². The highest BCUT2D eigenvalue weighted by Crippen LogP contribution is 2.27. The van der Waals surface area contributed by atoms with Crippen molar-refractivity contribution in [2.45, 2.75) is 96.9 Å². The molecule has 1 saturated carbocycles. The summed E-state index contributed by atoms with van der Waals surface area (Å²) in [6.45, 7) is 8.52. The number of hydrogen-bond acceptors (Lipinski definition) is 6. The lowest BCUT2D eigenvalue weighted by Crippen LogP contribution is -2.56. The highest BCUT2D eigenvalue weighted by Gasteiger charge is 2.37. The van der Waals surface area contributed by atoms with Gasteiger partial charge in [-0.1, -0.05) is 33.1 Å². The zero-order chi connectivity index (χ0) is 22.4. The third kappa shape index (κ3) is 6.79. The molecule has 172 valence electrons. The molecule has 1 unspecified atom stereocenters. The Balaban J connectivity index is 1.90. The van der Waals surface area contributed by atoms with Crippen molar-refractivity contribution in [3.8, 4) is 0 Å². The van der Waals surface area contributed by atoms with Crippen molar-refractivity contribution in [3.63, 3.8) is 0 Å². The van der Waals surface area contributed by atoms with Gasteiger partial charge in [0.05, 0.1) is 12.1 Å². The van der Waals surface area contributed by atoms with Crippen LogP contribution in [0.15, 0.2) is 12.0 Å². The molecule has 1 atom stereocenters. The van der Waals surface area contributed by atoms with Crippen molar-refractivity contribution in [1.82, 2.24) is 10.2 Å². The molecule has 1 aliphatic carbocycles. The Labute approximate surface area is 181 Å². The normalized spacial score (nSPS) is 22.2. The molecular weight excluding hydrogens is 382 g/mol. The Kier molecular flexibility index (Phi) is 8.88. The van der Waals surface area contributed by atoms with Crippen LogP contribution in [0.5, 0.6) is 0 Å². The molecule has 1 aliphatic heterocycles. The Morgan fingerprint density at radius 2 is 1.80 bits per heavy atom. The van der Waals surface area contributed by atoms with E-state index in [0.29, 0.717) is 19.3 Å². The number of allylic oxidation sites excluding steroid dienone is 1. The molecule has 2 rings (SSSR count). The predicted octanol–water partition coefficient (Wildman–Crippen LogP) is 4.13. The van der Waals surface area contributed by atoms with Crippen molar-refractivity contribution in [2.75, 3.05) is 20.3 Å². The standard InChI is InChI=1S/C23H41N3O4/c1-22(2,16-30-20-13-9-10-14-29-20)18(24)15-19(27)25-21(28)23(3,4)26(5)17-11-7-6-8-12-17/h15,17,20,24,27H,6-14,16H2,1-5H3,(H,25,28)/b19-15-,24-18?. The molecule has 1 heterocycles. The van der Waals surface area contributed by atoms with E-state index in [1.165, 1.54) is 25.3 Å². The Bertz CT molecular complexity index is 618. The first-order chi connectivity index (χ1) is 14.0. The van der Waals surface area contributed by atoms with Gasteiger partial charge in [0.25, 0.3) is 0 Å². The van der Waals surface area contributed by atoms with Gasteiger partial charge >= 0.3 is 0 Å². The summed E-state index contributed by atoms with van der Waals surface area (Å²) in [5, 5.41) is 21.3. The summed E-state index contributed by atoms with van der Waals surface area (Å²) in [6.07, 6.45) is 9.92. The number of ether oxygens (including phenoxy) is 2. The van der Waals surface area contributed by atoms with Crippen molar-refractivity contribution in [1.29, 1.82) is 5.41 Å². The monoisotopic (exact) mass is 423 g/mol. The van der Waals surface area contributed by atoms with Crippen LogP contribution in [0, 0.1) is 10.8 Å². The largest absolute Gasteiger partial charge is 0.494 e. The quantitative estimate of drug-likeness (QED) is 0.383. The maximum absolute atomic E-state index is 12.9. The SMILES string of the molecule is CN(C1CCCCC1)C(C)(C)C(=O)N/C(O)=C/C(=N)C(C)(C)COC1CCCCO1. The summed E-state index contributed by atoms with van der Waals surface area (Å²) in [4.78, 5) is 15.0. The molecule has 0 aromatic heterocycles. The van der Waals surface area contributed by atoms with Gasteiger partial charge in [0.1, 0.15) is 0 Å². The average Bonchev–Trinajstić information content (AvgIpc) is 2.73. The first kappa shape index (κ1) is 24.8. The summed E-state index contributed by atoms with van der Waals surface area (Å²) in [6, 6.07) is 0.377. The van der Waals surface area contributed by atoms with Crippen molar-refractivity contribution in [2.24, 2.45) is 5.41 Å². The number of nitrogens with one attached hydrogen (secondary N) is 2. The summed E-state index contributed by atoms with van der Waals surface area (Å²) < 4.78 is 11.4. The third-order valence-corrected chi connectivity index (χ3v) is 6.58. The van der Waals surface area contributed by atoms with Crippen LogP contribution in [-0.4, -0.2) is 59.8 Å². The van der Waals surface area contributed by atoms with E-state index in [-0.39, 0.29) is 23.8 Å². The first-order valence-corrected chi connectivity index (χ1v) is 11.3. The Hall–Kier alpha value is -1.44. The van der Waals surface area contributed by atoms with E-state index >= 15 is 0 Å². The molecule has 1 amide bonds. The second kappa shape index (κ2) is 10.7. The van der Waals surface area contributed by atoms with Crippen molar-refractivity contribution >= 4 is 11.6 Å². The van der Waals surface area contributed by atoms with Crippen LogP contribution in [0.2, 0.25) is 0 Å². The van der Waals surface area contributed by atoms with Gasteiger partial charge in [-0.05, 0) is 53.0 Å². The number of nitrogens with zero attached hydrogens (tertiary/aromatic N) is 1. The van der Waals surface area contributed by atoms with Gasteiger partial charge in [-0.2, -0.15) is 0 Å². The lowest BCUT2D eigenvalue weighted by Gasteiger charge is -2.41. The van der Waals surface area contributed by atoms with Crippen LogP contribution in [0.4, 0.5) is 0 Å². The van der Waals surface area contributed by atoms with Crippen LogP contribution < -0.4 is 5.32 Å². The minimum Gasteiger partial charge on any atom is -0.494 e. The second-order valence-corrected chi connectivity index (χ2v) is 9.85. The molecule has 3 N–H and O–H groups in total. The van der Waals surface area contributed by atoms with Gasteiger partial charge in [-0.15, -0.1) is 0 Å². The number of rotatable bonds is 9. The zero-order valence-corrected chi connectivity index (χ0v) is 19.4. The molecule has 7 heteroatoms. The molecule has 2 aliphatic rings. The molecule has 0 bridgehead atoms. The van der Waals surface area contributed by atoms with E-state index in [2.05, 4.69) is 10.2 Å². The van der Waals surface area contributed by atoms with E-state index in [0.717, 1.165) is 32.1 Å². The highest BCUT2D eigenvalue weighted by atomic mass is 16.7. The Morgan fingerprint density at radius 1 is 1.17 bits per heavy atom. The highest BCUT2D eigenvalue weighted by molar-refractivity contribution is 5.98. The first-order valence-electron chi connectivity index (χ1n) is 11.3. The molecule has 0 radical (unpaired) electrons. The Morgan fingerprint density at radius 3 is 2.40 bits per heavy atom. The maximum Gasteiger partial charge on any atom is 0.246 e. The van der Waals surface area contributed by atoms with E-state index < -0.39 is 11.0 Å². The molecule has 0 spiro atoms. The molecule has 0 aromatic carbocycles. The number of amides is 1. The smallest absolute Gasteiger partial charge is 0.246 e. The van der Waals surface area contributed by atoms with Gasteiger partial charge in [-0.25, -0.2) is 0 Å². The van der Waals surface area contributed by atoms with E-state index in [9.17, 15) is 9.90 Å². The number of aliphatic hydroxyl groups is 1. The van der Waals surface area contributed by atoms with E-state index in [4.69, 9.17) is 14.9 Å². The molecule has 1 saturated heterocycles. The van der Waals surface area contributed by atoms with Crippen LogP contribution in [-0.2, 0) is 14.3 Å². The van der Waals surface area contributed by atoms with Crippen LogP contribution in [0.1, 0.15) is 79.1 Å². The van der Waals surface area contributed by atoms with Gasteiger partial charge in [0.2, 0.25) is 5.91 Å². The topological polar surface area (TPSA) is 94.9 Å². The van der Waals surface area contributed by atoms with Crippen LogP contribution in [0.3, 0.4) is 0 Å². The lowest BCUT2D eigenvalue weighted by molar-refractivity contribution is -0.171. The molecule has 2 fully saturated rings. The number of likely N-dealkylation sites (N-methyl/N-ethyl adjacent to an activating group) is 1. The fraction of sp³-hybridized carbons (Fsp3) is 0.826. The molecule has 7 nitrogen and oxygen atoms in total. The number of carbonyl (C=O) groups is 1. The van der Waals surface area contributed by atoms with Crippen molar-refractivity contribution in [3.05, 3.63) is 12.0 Å². The lowest BCUT2D eigenvalue weighted by atomic mass is 9.88. The van der Waals surface area contributed by atoms with E-state index in [1.807, 2.05) is 34.7 Å². The molecular formula is C23H41N3O4. The number of aliphatic hydroxyl groups excluding tert-OH is 1. The fourth-order valence-electron chi connectivity index (χ4n) is 3.94. The number of hydrogen-bond donors (Lipinski definition) is 3. The second-order valence-electron chi connectivity index (χ2n) is 9.85.